The number of hydrogen-bond acceptors (Lipinski definition) is 3. The monoisotopic (exact) mass is 186 g/mol. The van der Waals surface area contributed by atoms with Gasteiger partial charge in [-0.2, -0.15) is 0 Å². The molecule has 1 heterocycles. The third-order valence-corrected chi connectivity index (χ3v) is 1.63. The topological polar surface area (TPSA) is 58.6 Å². The molecule has 0 unspecified atom stereocenters. The Morgan fingerprint density at radius 2 is 2.31 bits per heavy atom. The van der Waals surface area contributed by atoms with Crippen molar-refractivity contribution in [2.45, 2.75) is 20.0 Å². The van der Waals surface area contributed by atoms with Gasteiger partial charge in [0.05, 0.1) is 6.10 Å². The molecule has 5 heteroatoms. The van der Waals surface area contributed by atoms with Crippen molar-refractivity contribution in [2.24, 2.45) is 0 Å². The highest BCUT2D eigenvalue weighted by Gasteiger charge is 2.22. The lowest BCUT2D eigenvalue weighted by Crippen LogP contribution is -2.50. The highest BCUT2D eigenvalue weighted by Crippen LogP contribution is 2.00. The van der Waals surface area contributed by atoms with Gasteiger partial charge in [-0.15, -0.1) is 0 Å². The standard InChI is InChI=1S/C8H14N2O3/c1-6(2)13-8(12)10-4-3-9-7(11)5-10/h6H,3-5H2,1-2H3,(H,9,11). The van der Waals surface area contributed by atoms with Crippen LogP contribution in [0.25, 0.3) is 0 Å². The molecule has 2 amide bonds. The van der Waals surface area contributed by atoms with Gasteiger partial charge in [0.2, 0.25) is 5.91 Å². The Balaban J connectivity index is 2.41. The molecule has 5 nitrogen and oxygen atoms in total. The van der Waals surface area contributed by atoms with Crippen molar-refractivity contribution in [1.29, 1.82) is 0 Å². The summed E-state index contributed by atoms with van der Waals surface area (Å²) in [6.45, 7) is 4.69. The Kier molecular flexibility index (Phi) is 3.11. The van der Waals surface area contributed by atoms with E-state index in [2.05, 4.69) is 5.32 Å². The highest BCUT2D eigenvalue weighted by atomic mass is 16.6. The molecule has 1 rings (SSSR count). The van der Waals surface area contributed by atoms with Gasteiger partial charge in [0.15, 0.2) is 0 Å². The predicted octanol–water partition coefficient (Wildman–Crippen LogP) is -0.0368. The number of carbonyl (C=O) groups excluding carboxylic acids is 2. The van der Waals surface area contributed by atoms with E-state index >= 15 is 0 Å². The Bertz CT molecular complexity index is 215. The molecule has 0 aromatic heterocycles. The predicted molar refractivity (Wildman–Crippen MR) is 46.2 cm³/mol. The first-order valence-electron chi connectivity index (χ1n) is 4.32. The molecule has 1 fully saturated rings. The fraction of sp³-hybridized carbons (Fsp3) is 0.750. The van der Waals surface area contributed by atoms with E-state index in [0.29, 0.717) is 13.1 Å². The third kappa shape index (κ3) is 2.93. The van der Waals surface area contributed by atoms with E-state index in [0.717, 1.165) is 0 Å². The Morgan fingerprint density at radius 3 is 2.85 bits per heavy atom. The summed E-state index contributed by atoms with van der Waals surface area (Å²) in [4.78, 5) is 23.6. The van der Waals surface area contributed by atoms with E-state index in [1.807, 2.05) is 0 Å². The van der Waals surface area contributed by atoms with Crippen LogP contribution in [-0.2, 0) is 9.53 Å². The van der Waals surface area contributed by atoms with Gasteiger partial charge in [0.25, 0.3) is 0 Å². The van der Waals surface area contributed by atoms with Crippen LogP contribution in [0.15, 0.2) is 0 Å². The lowest BCUT2D eigenvalue weighted by Gasteiger charge is -2.26. The molecule has 1 aliphatic heterocycles. The minimum atomic E-state index is -0.412. The van der Waals surface area contributed by atoms with Gasteiger partial charge in [0, 0.05) is 13.1 Å². The third-order valence-electron chi connectivity index (χ3n) is 1.63. The number of nitrogens with one attached hydrogen (secondary N) is 1. The fourth-order valence-corrected chi connectivity index (χ4v) is 1.07. The van der Waals surface area contributed by atoms with Crippen molar-refractivity contribution in [3.63, 3.8) is 0 Å². The second-order valence-corrected chi connectivity index (χ2v) is 3.20. The van der Waals surface area contributed by atoms with Crippen LogP contribution in [0, 0.1) is 0 Å². The molecule has 1 aliphatic rings. The van der Waals surface area contributed by atoms with E-state index in [1.165, 1.54) is 4.90 Å². The van der Waals surface area contributed by atoms with E-state index in [1.54, 1.807) is 13.8 Å². The first-order chi connectivity index (χ1) is 6.09. The van der Waals surface area contributed by atoms with Crippen molar-refractivity contribution in [1.82, 2.24) is 10.2 Å². The van der Waals surface area contributed by atoms with Gasteiger partial charge in [-0.3, -0.25) is 9.69 Å². The zero-order chi connectivity index (χ0) is 9.84. The van der Waals surface area contributed by atoms with Crippen LogP contribution in [-0.4, -0.2) is 42.6 Å². The lowest BCUT2D eigenvalue weighted by atomic mass is 10.4. The van der Waals surface area contributed by atoms with Gasteiger partial charge in [-0.1, -0.05) is 0 Å². The van der Waals surface area contributed by atoms with Crippen molar-refractivity contribution >= 4 is 12.0 Å². The quantitative estimate of drug-likeness (QED) is 0.625. The average molecular weight is 186 g/mol. The summed E-state index contributed by atoms with van der Waals surface area (Å²) in [7, 11) is 0. The SMILES string of the molecule is CC(C)OC(=O)N1CCNC(=O)C1. The normalized spacial score (nSPS) is 17.2. The number of piperazine rings is 1. The van der Waals surface area contributed by atoms with E-state index in [4.69, 9.17) is 4.74 Å². The minimum absolute atomic E-state index is 0.103. The molecule has 0 bridgehead atoms. The Hall–Kier alpha value is -1.26. The van der Waals surface area contributed by atoms with Gasteiger partial charge in [0.1, 0.15) is 6.54 Å². The molecule has 0 atom stereocenters. The molecular formula is C8H14N2O3. The van der Waals surface area contributed by atoms with E-state index in [9.17, 15) is 9.59 Å². The summed E-state index contributed by atoms with van der Waals surface area (Å²) in [5.41, 5.74) is 0. The van der Waals surface area contributed by atoms with Crippen LogP contribution in [0.2, 0.25) is 0 Å². The molecule has 1 N–H and O–H groups in total. The maximum atomic E-state index is 11.3. The van der Waals surface area contributed by atoms with E-state index < -0.39 is 6.09 Å². The summed E-state index contributed by atoms with van der Waals surface area (Å²) in [5, 5.41) is 2.63. The molecule has 0 spiro atoms. The molecular weight excluding hydrogens is 172 g/mol. The van der Waals surface area contributed by atoms with Crippen LogP contribution in [0.5, 0.6) is 0 Å². The first kappa shape index (κ1) is 9.83. The molecule has 0 aliphatic carbocycles. The molecule has 0 aromatic carbocycles. The van der Waals surface area contributed by atoms with Gasteiger partial charge in [-0.05, 0) is 13.8 Å². The lowest BCUT2D eigenvalue weighted by molar-refractivity contribution is -0.123. The summed E-state index contributed by atoms with van der Waals surface area (Å²) in [5.74, 6) is -0.132. The second kappa shape index (κ2) is 4.11. The van der Waals surface area contributed by atoms with E-state index in [-0.39, 0.29) is 18.6 Å². The minimum Gasteiger partial charge on any atom is -0.447 e. The van der Waals surface area contributed by atoms with Crippen LogP contribution in [0.1, 0.15) is 13.8 Å². The van der Waals surface area contributed by atoms with Gasteiger partial charge in [-0.25, -0.2) is 4.79 Å². The zero-order valence-electron chi connectivity index (χ0n) is 7.87. The molecule has 74 valence electrons. The second-order valence-electron chi connectivity index (χ2n) is 3.20. The van der Waals surface area contributed by atoms with Gasteiger partial charge < -0.3 is 10.1 Å². The Morgan fingerprint density at radius 1 is 1.62 bits per heavy atom. The Labute approximate surface area is 77.0 Å². The summed E-state index contributed by atoms with van der Waals surface area (Å²) in [6.07, 6.45) is -0.553. The van der Waals surface area contributed by atoms with Crippen molar-refractivity contribution in [2.75, 3.05) is 19.6 Å². The number of hydrogen-bond donors (Lipinski definition) is 1. The van der Waals surface area contributed by atoms with Crippen LogP contribution < -0.4 is 5.32 Å². The number of nitrogens with zero attached hydrogens (tertiary/aromatic N) is 1. The maximum absolute atomic E-state index is 11.3. The number of carbonyl (C=O) groups is 2. The fourth-order valence-electron chi connectivity index (χ4n) is 1.07. The van der Waals surface area contributed by atoms with Gasteiger partial charge >= 0.3 is 6.09 Å². The molecule has 0 radical (unpaired) electrons. The largest absolute Gasteiger partial charge is 0.447 e. The van der Waals surface area contributed by atoms with Crippen LogP contribution in [0.3, 0.4) is 0 Å². The van der Waals surface area contributed by atoms with Crippen LogP contribution >= 0.6 is 0 Å². The van der Waals surface area contributed by atoms with Crippen molar-refractivity contribution < 1.29 is 14.3 Å². The molecule has 1 saturated heterocycles. The number of ether oxygens (including phenoxy) is 1. The summed E-state index contributed by atoms with van der Waals surface area (Å²) >= 11 is 0. The van der Waals surface area contributed by atoms with Crippen molar-refractivity contribution in [3.8, 4) is 0 Å². The number of amides is 2. The summed E-state index contributed by atoms with van der Waals surface area (Å²) in [6, 6.07) is 0. The average Bonchev–Trinajstić information content (AvgIpc) is 2.03. The highest BCUT2D eigenvalue weighted by molar-refractivity contribution is 5.83. The maximum Gasteiger partial charge on any atom is 0.410 e. The van der Waals surface area contributed by atoms with Crippen LogP contribution in [0.4, 0.5) is 4.79 Å². The molecule has 13 heavy (non-hydrogen) atoms. The first-order valence-corrected chi connectivity index (χ1v) is 4.32. The molecule has 0 aromatic rings. The zero-order valence-corrected chi connectivity index (χ0v) is 7.87. The summed E-state index contributed by atoms with van der Waals surface area (Å²) < 4.78 is 4.94. The smallest absolute Gasteiger partial charge is 0.410 e. The molecule has 0 saturated carbocycles. The van der Waals surface area contributed by atoms with Crippen molar-refractivity contribution in [3.05, 3.63) is 0 Å². The number of rotatable bonds is 1.